The fourth-order valence-corrected chi connectivity index (χ4v) is 2.66. The van der Waals surface area contributed by atoms with E-state index in [1.54, 1.807) is 0 Å². The van der Waals surface area contributed by atoms with Crippen LogP contribution in [0.3, 0.4) is 0 Å². The average Bonchev–Trinajstić information content (AvgIpc) is 2.08. The first-order chi connectivity index (χ1) is 6.14. The maximum atomic E-state index is 11.1. The lowest BCUT2D eigenvalue weighted by atomic mass is 10.3. The second-order valence-corrected chi connectivity index (χ2v) is 5.60. The highest BCUT2D eigenvalue weighted by atomic mass is 32.2. The molecule has 13 heavy (non-hydrogen) atoms. The Morgan fingerprint density at radius 3 is 2.46 bits per heavy atom. The van der Waals surface area contributed by atoms with Crippen molar-refractivity contribution in [2.24, 2.45) is 0 Å². The zero-order chi connectivity index (χ0) is 9.73. The van der Waals surface area contributed by atoms with E-state index in [1.165, 1.54) is 0 Å². The summed E-state index contributed by atoms with van der Waals surface area (Å²) < 4.78 is 22.1. The van der Waals surface area contributed by atoms with Gasteiger partial charge in [-0.3, -0.25) is 0 Å². The molecule has 1 fully saturated rings. The number of hydrogen-bond acceptors (Lipinski definition) is 3. The topological polar surface area (TPSA) is 37.4 Å². The minimum Gasteiger partial charge on any atom is -0.301 e. The van der Waals surface area contributed by atoms with Gasteiger partial charge in [0.25, 0.3) is 0 Å². The van der Waals surface area contributed by atoms with E-state index in [1.807, 2.05) is 0 Å². The summed E-state index contributed by atoms with van der Waals surface area (Å²) in [7, 11) is -2.73. The standard InChI is InChI=1S/C9H15NO2S/c1-2-3-4-5-10-6-8-13(11,12)9-7-10/h1H,3-9H2. The summed E-state index contributed by atoms with van der Waals surface area (Å²) in [6.07, 6.45) is 6.87. The van der Waals surface area contributed by atoms with Crippen LogP contribution in [0.4, 0.5) is 0 Å². The highest BCUT2D eigenvalue weighted by molar-refractivity contribution is 7.91. The van der Waals surface area contributed by atoms with Crippen LogP contribution in [-0.2, 0) is 9.84 Å². The molecule has 1 heterocycles. The quantitative estimate of drug-likeness (QED) is 0.481. The molecule has 0 unspecified atom stereocenters. The van der Waals surface area contributed by atoms with E-state index in [-0.39, 0.29) is 0 Å². The van der Waals surface area contributed by atoms with Gasteiger partial charge in [-0.15, -0.1) is 12.3 Å². The molecule has 0 N–H and O–H groups in total. The third-order valence-electron chi connectivity index (χ3n) is 2.23. The molecule has 0 atom stereocenters. The Hall–Kier alpha value is -0.530. The molecule has 1 aliphatic rings. The Morgan fingerprint density at radius 1 is 1.31 bits per heavy atom. The van der Waals surface area contributed by atoms with E-state index in [0.717, 1.165) is 19.4 Å². The largest absolute Gasteiger partial charge is 0.301 e. The maximum Gasteiger partial charge on any atom is 0.152 e. The first-order valence-electron chi connectivity index (χ1n) is 4.50. The van der Waals surface area contributed by atoms with Gasteiger partial charge in [0.15, 0.2) is 9.84 Å². The molecule has 0 aromatic carbocycles. The summed E-state index contributed by atoms with van der Waals surface area (Å²) in [5, 5.41) is 0. The van der Waals surface area contributed by atoms with Crippen molar-refractivity contribution in [2.75, 3.05) is 31.1 Å². The highest BCUT2D eigenvalue weighted by Gasteiger charge is 2.20. The smallest absolute Gasteiger partial charge is 0.152 e. The van der Waals surface area contributed by atoms with Crippen molar-refractivity contribution in [3.05, 3.63) is 0 Å². The number of hydrogen-bond donors (Lipinski definition) is 0. The third kappa shape index (κ3) is 3.79. The van der Waals surface area contributed by atoms with Crippen LogP contribution in [-0.4, -0.2) is 44.5 Å². The van der Waals surface area contributed by atoms with Crippen molar-refractivity contribution in [3.63, 3.8) is 0 Å². The van der Waals surface area contributed by atoms with E-state index < -0.39 is 9.84 Å². The van der Waals surface area contributed by atoms with Crippen LogP contribution < -0.4 is 0 Å². The van der Waals surface area contributed by atoms with Crippen LogP contribution in [0, 0.1) is 12.3 Å². The lowest BCUT2D eigenvalue weighted by molar-refractivity contribution is 0.293. The van der Waals surface area contributed by atoms with Crippen molar-refractivity contribution in [1.29, 1.82) is 0 Å². The summed E-state index contributed by atoms with van der Waals surface area (Å²) >= 11 is 0. The van der Waals surface area contributed by atoms with E-state index >= 15 is 0 Å². The van der Waals surface area contributed by atoms with Gasteiger partial charge in [-0.05, 0) is 13.0 Å². The molecule has 0 amide bonds. The van der Waals surface area contributed by atoms with Crippen molar-refractivity contribution in [1.82, 2.24) is 4.90 Å². The molecule has 0 spiro atoms. The first-order valence-corrected chi connectivity index (χ1v) is 6.32. The number of unbranched alkanes of at least 4 members (excludes halogenated alkanes) is 1. The van der Waals surface area contributed by atoms with E-state index in [0.29, 0.717) is 24.6 Å². The fourth-order valence-electron chi connectivity index (χ4n) is 1.38. The number of rotatable bonds is 3. The molecular weight excluding hydrogens is 186 g/mol. The molecule has 1 saturated heterocycles. The first kappa shape index (κ1) is 10.6. The summed E-state index contributed by atoms with van der Waals surface area (Å²) in [5.41, 5.74) is 0. The van der Waals surface area contributed by atoms with Crippen LogP contribution in [0.15, 0.2) is 0 Å². The second kappa shape index (κ2) is 4.64. The molecule has 0 bridgehead atoms. The molecule has 1 rings (SSSR count). The predicted octanol–water partition coefficient (Wildman–Crippen LogP) is 0.130. The van der Waals surface area contributed by atoms with Crippen molar-refractivity contribution in [2.45, 2.75) is 12.8 Å². The summed E-state index contributed by atoms with van der Waals surface area (Å²) in [6, 6.07) is 0. The SMILES string of the molecule is C#CCCCN1CCS(=O)(=O)CC1. The molecule has 0 aromatic rings. The van der Waals surface area contributed by atoms with Gasteiger partial charge in [-0.2, -0.15) is 0 Å². The second-order valence-electron chi connectivity index (χ2n) is 3.30. The average molecular weight is 201 g/mol. The lowest BCUT2D eigenvalue weighted by Gasteiger charge is -2.25. The van der Waals surface area contributed by atoms with Crippen LogP contribution in [0.25, 0.3) is 0 Å². The molecule has 4 heteroatoms. The molecule has 1 aliphatic heterocycles. The molecular formula is C9H15NO2S. The predicted molar refractivity (Wildman–Crippen MR) is 53.2 cm³/mol. The molecule has 0 aromatic heterocycles. The van der Waals surface area contributed by atoms with Crippen LogP contribution >= 0.6 is 0 Å². The Bertz CT molecular complexity index is 275. The van der Waals surface area contributed by atoms with E-state index in [4.69, 9.17) is 6.42 Å². The molecule has 0 radical (unpaired) electrons. The molecule has 74 valence electrons. The third-order valence-corrected chi connectivity index (χ3v) is 3.84. The van der Waals surface area contributed by atoms with Gasteiger partial charge in [0.1, 0.15) is 0 Å². The van der Waals surface area contributed by atoms with Gasteiger partial charge in [0.05, 0.1) is 11.5 Å². The minimum absolute atomic E-state index is 0.309. The van der Waals surface area contributed by atoms with Crippen molar-refractivity contribution < 1.29 is 8.42 Å². The van der Waals surface area contributed by atoms with E-state index in [9.17, 15) is 8.42 Å². The zero-order valence-electron chi connectivity index (χ0n) is 7.70. The van der Waals surface area contributed by atoms with Gasteiger partial charge >= 0.3 is 0 Å². The number of terminal acetylenes is 1. The Labute approximate surface area is 80.0 Å². The summed E-state index contributed by atoms with van der Waals surface area (Å²) in [5.74, 6) is 3.20. The normalized spacial score (nSPS) is 22.4. The maximum absolute atomic E-state index is 11.1. The van der Waals surface area contributed by atoms with Crippen molar-refractivity contribution >= 4 is 9.84 Å². The van der Waals surface area contributed by atoms with Crippen LogP contribution in [0.5, 0.6) is 0 Å². The van der Waals surface area contributed by atoms with Gasteiger partial charge in [-0.25, -0.2) is 8.42 Å². The zero-order valence-corrected chi connectivity index (χ0v) is 8.52. The van der Waals surface area contributed by atoms with Gasteiger partial charge in [0, 0.05) is 19.5 Å². The Morgan fingerprint density at radius 2 is 1.92 bits per heavy atom. The molecule has 0 saturated carbocycles. The van der Waals surface area contributed by atoms with Crippen LogP contribution in [0.2, 0.25) is 0 Å². The van der Waals surface area contributed by atoms with Gasteiger partial charge in [0.2, 0.25) is 0 Å². The van der Waals surface area contributed by atoms with Gasteiger partial charge < -0.3 is 4.90 Å². The number of sulfone groups is 1. The lowest BCUT2D eigenvalue weighted by Crippen LogP contribution is -2.40. The molecule has 0 aliphatic carbocycles. The Kier molecular flexibility index (Phi) is 3.76. The monoisotopic (exact) mass is 201 g/mol. The van der Waals surface area contributed by atoms with Gasteiger partial charge in [-0.1, -0.05) is 0 Å². The Balaban J connectivity index is 2.22. The van der Waals surface area contributed by atoms with E-state index in [2.05, 4.69) is 10.8 Å². The molecule has 3 nitrogen and oxygen atoms in total. The summed E-state index contributed by atoms with van der Waals surface area (Å²) in [4.78, 5) is 2.17. The summed E-state index contributed by atoms with van der Waals surface area (Å²) in [6.45, 7) is 2.28. The van der Waals surface area contributed by atoms with Crippen molar-refractivity contribution in [3.8, 4) is 12.3 Å². The number of nitrogens with zero attached hydrogens (tertiary/aromatic N) is 1. The fraction of sp³-hybridized carbons (Fsp3) is 0.778. The van der Waals surface area contributed by atoms with Crippen LogP contribution in [0.1, 0.15) is 12.8 Å². The highest BCUT2D eigenvalue weighted by Crippen LogP contribution is 2.04. The minimum atomic E-state index is -2.73.